The van der Waals surface area contributed by atoms with Gasteiger partial charge in [0.1, 0.15) is 12.9 Å². The highest BCUT2D eigenvalue weighted by molar-refractivity contribution is 6.26. The molecular weight excluding hydrogens is 349 g/mol. The van der Waals surface area contributed by atoms with Gasteiger partial charge in [-0.1, -0.05) is 18.2 Å². The van der Waals surface area contributed by atoms with Gasteiger partial charge in [-0.2, -0.15) is 5.26 Å². The lowest BCUT2D eigenvalue weighted by Crippen LogP contribution is -2.29. The third kappa shape index (κ3) is 1.65. The summed E-state index contributed by atoms with van der Waals surface area (Å²) in [5.41, 5.74) is 5.57. The number of hydrogen-bond donors (Lipinski definition) is 0. The van der Waals surface area contributed by atoms with Crippen molar-refractivity contribution in [3.63, 3.8) is 0 Å². The first-order chi connectivity index (χ1) is 13.6. The minimum atomic E-state index is -0.259. The Morgan fingerprint density at radius 3 is 2.64 bits per heavy atom. The molecule has 28 heavy (non-hydrogen) atoms. The average molecular weight is 364 g/mol. The molecule has 3 aromatic carbocycles. The molecule has 6 rings (SSSR count). The summed E-state index contributed by atoms with van der Waals surface area (Å²) in [6.45, 7) is 2.05. The average Bonchev–Trinajstić information content (AvgIpc) is 3.03. The summed E-state index contributed by atoms with van der Waals surface area (Å²) in [7, 11) is 2.02. The van der Waals surface area contributed by atoms with Gasteiger partial charge in [0.2, 0.25) is 5.52 Å². The molecule has 3 aromatic heterocycles. The Hall–Kier alpha value is -3.71. The normalized spacial score (nSPS) is 12.1. The van der Waals surface area contributed by atoms with E-state index in [-0.39, 0.29) is 5.82 Å². The van der Waals surface area contributed by atoms with Gasteiger partial charge in [0, 0.05) is 16.8 Å². The Bertz CT molecular complexity index is 1650. The van der Waals surface area contributed by atoms with Gasteiger partial charge in [-0.05, 0) is 42.1 Å². The minimum absolute atomic E-state index is 0.259. The standard InChI is InChI=1S/C24H15FN3/c1-13-9-15(12-26)21-17-5-3-4-6-18(17)28-19-11-16(25)10-14-7-8-27(2)23(22(14)19)20(13)24(21)28/h3-11H,1-2H3/q+1. The van der Waals surface area contributed by atoms with Crippen LogP contribution < -0.4 is 4.57 Å². The van der Waals surface area contributed by atoms with Crippen LogP contribution in [-0.4, -0.2) is 4.40 Å². The van der Waals surface area contributed by atoms with Gasteiger partial charge >= 0.3 is 0 Å². The topological polar surface area (TPSA) is 32.1 Å². The molecule has 132 valence electrons. The summed E-state index contributed by atoms with van der Waals surface area (Å²) in [4.78, 5) is 0. The Morgan fingerprint density at radius 2 is 1.82 bits per heavy atom. The second-order valence-corrected chi connectivity index (χ2v) is 7.47. The molecule has 3 nitrogen and oxygen atoms in total. The molecule has 3 heterocycles. The van der Waals surface area contributed by atoms with Crippen LogP contribution in [0.2, 0.25) is 0 Å². The number of aryl methyl sites for hydroxylation is 2. The van der Waals surface area contributed by atoms with Crippen LogP contribution in [0, 0.1) is 24.1 Å². The maximum Gasteiger partial charge on any atom is 0.224 e. The van der Waals surface area contributed by atoms with Crippen molar-refractivity contribution in [1.29, 1.82) is 5.26 Å². The van der Waals surface area contributed by atoms with Crippen LogP contribution in [0.1, 0.15) is 11.1 Å². The Morgan fingerprint density at radius 1 is 1.00 bits per heavy atom. The molecular formula is C24H15FN3+. The smallest absolute Gasteiger partial charge is 0.224 e. The molecule has 0 aliphatic heterocycles. The molecule has 0 atom stereocenters. The fourth-order valence-electron chi connectivity index (χ4n) is 4.86. The Kier molecular flexibility index (Phi) is 2.72. The summed E-state index contributed by atoms with van der Waals surface area (Å²) in [5, 5.41) is 14.8. The molecule has 0 unspecified atom stereocenters. The Balaban J connectivity index is 2.17. The maximum atomic E-state index is 14.6. The lowest BCUT2D eigenvalue weighted by molar-refractivity contribution is -0.643. The fourth-order valence-corrected chi connectivity index (χ4v) is 4.86. The van der Waals surface area contributed by atoms with Crippen molar-refractivity contribution in [3.05, 3.63) is 71.7 Å². The third-order valence-electron chi connectivity index (χ3n) is 5.91. The van der Waals surface area contributed by atoms with Crippen LogP contribution in [-0.2, 0) is 7.05 Å². The fraction of sp³-hybridized carbons (Fsp3) is 0.0833. The lowest BCUT2D eigenvalue weighted by atomic mass is 9.97. The van der Waals surface area contributed by atoms with E-state index in [0.717, 1.165) is 54.6 Å². The van der Waals surface area contributed by atoms with Crippen LogP contribution in [0.25, 0.3) is 49.0 Å². The van der Waals surface area contributed by atoms with Crippen molar-refractivity contribution in [1.82, 2.24) is 4.40 Å². The molecule has 0 amide bonds. The number of nitrogens with zero attached hydrogens (tertiary/aromatic N) is 3. The van der Waals surface area contributed by atoms with Gasteiger partial charge in [-0.3, -0.25) is 0 Å². The zero-order chi connectivity index (χ0) is 19.2. The lowest BCUT2D eigenvalue weighted by Gasteiger charge is -2.13. The monoisotopic (exact) mass is 364 g/mol. The van der Waals surface area contributed by atoms with E-state index in [1.54, 1.807) is 12.1 Å². The van der Waals surface area contributed by atoms with Crippen molar-refractivity contribution in [2.45, 2.75) is 6.92 Å². The highest BCUT2D eigenvalue weighted by Crippen LogP contribution is 2.42. The number of fused-ring (bicyclic) bond motifs is 5. The molecule has 4 heteroatoms. The molecule has 0 spiro atoms. The zero-order valence-corrected chi connectivity index (χ0v) is 15.4. The predicted molar refractivity (Wildman–Crippen MR) is 109 cm³/mol. The first-order valence-electron chi connectivity index (χ1n) is 9.19. The summed E-state index contributed by atoms with van der Waals surface area (Å²) < 4.78 is 18.8. The van der Waals surface area contributed by atoms with Crippen LogP contribution in [0.4, 0.5) is 4.39 Å². The van der Waals surface area contributed by atoms with E-state index >= 15 is 0 Å². The van der Waals surface area contributed by atoms with E-state index in [2.05, 4.69) is 15.0 Å². The van der Waals surface area contributed by atoms with E-state index in [9.17, 15) is 9.65 Å². The molecule has 0 saturated carbocycles. The van der Waals surface area contributed by atoms with E-state index < -0.39 is 0 Å². The van der Waals surface area contributed by atoms with E-state index in [0.29, 0.717) is 5.56 Å². The number of benzene rings is 3. The number of aromatic nitrogens is 2. The van der Waals surface area contributed by atoms with Crippen molar-refractivity contribution in [2.75, 3.05) is 0 Å². The van der Waals surface area contributed by atoms with Crippen LogP contribution in [0.5, 0.6) is 0 Å². The largest absolute Gasteiger partial charge is 0.307 e. The van der Waals surface area contributed by atoms with Crippen molar-refractivity contribution in [2.24, 2.45) is 7.05 Å². The Labute approximate surface area is 159 Å². The number of para-hydroxylation sites is 1. The second-order valence-electron chi connectivity index (χ2n) is 7.47. The van der Waals surface area contributed by atoms with E-state index in [1.807, 2.05) is 56.6 Å². The van der Waals surface area contributed by atoms with E-state index in [1.165, 1.54) is 0 Å². The number of hydrogen-bond acceptors (Lipinski definition) is 1. The third-order valence-corrected chi connectivity index (χ3v) is 5.91. The highest BCUT2D eigenvalue weighted by Gasteiger charge is 2.25. The second kappa shape index (κ2) is 4.96. The molecule has 0 aliphatic rings. The SMILES string of the molecule is Cc1cc(C#N)c2c3ccccc3n3c4cc(F)cc5cc[n+](C)c(c1c23)c54. The van der Waals surface area contributed by atoms with Gasteiger partial charge in [0.15, 0.2) is 6.20 Å². The molecule has 0 fully saturated rings. The summed E-state index contributed by atoms with van der Waals surface area (Å²) in [5.74, 6) is -0.259. The van der Waals surface area contributed by atoms with Crippen LogP contribution >= 0.6 is 0 Å². The number of rotatable bonds is 0. The van der Waals surface area contributed by atoms with Crippen molar-refractivity contribution >= 4 is 49.0 Å². The van der Waals surface area contributed by atoms with Crippen LogP contribution in [0.3, 0.4) is 0 Å². The van der Waals surface area contributed by atoms with Gasteiger partial charge in [0.05, 0.1) is 39.0 Å². The predicted octanol–water partition coefficient (Wildman–Crippen LogP) is 5.13. The first kappa shape index (κ1) is 15.4. The van der Waals surface area contributed by atoms with Crippen molar-refractivity contribution < 1.29 is 8.96 Å². The number of pyridine rings is 2. The summed E-state index contributed by atoms with van der Waals surface area (Å²) >= 11 is 0. The van der Waals surface area contributed by atoms with Gasteiger partial charge in [-0.15, -0.1) is 0 Å². The molecule has 0 bridgehead atoms. The highest BCUT2D eigenvalue weighted by atomic mass is 19.1. The quantitative estimate of drug-likeness (QED) is 0.209. The maximum absolute atomic E-state index is 14.6. The van der Waals surface area contributed by atoms with Gasteiger partial charge in [0.25, 0.3) is 0 Å². The molecule has 0 N–H and O–H groups in total. The van der Waals surface area contributed by atoms with Crippen molar-refractivity contribution in [3.8, 4) is 6.07 Å². The molecule has 0 saturated heterocycles. The van der Waals surface area contributed by atoms with Gasteiger partial charge < -0.3 is 4.40 Å². The minimum Gasteiger partial charge on any atom is -0.307 e. The van der Waals surface area contributed by atoms with Gasteiger partial charge in [-0.25, -0.2) is 8.96 Å². The summed E-state index contributed by atoms with van der Waals surface area (Å²) in [6.07, 6.45) is 1.97. The molecule has 6 aromatic rings. The van der Waals surface area contributed by atoms with E-state index in [4.69, 9.17) is 0 Å². The summed E-state index contributed by atoms with van der Waals surface area (Å²) in [6, 6.07) is 17.6. The zero-order valence-electron chi connectivity index (χ0n) is 15.4. The molecule has 0 radical (unpaired) electrons. The molecule has 0 aliphatic carbocycles. The number of nitriles is 1. The first-order valence-corrected chi connectivity index (χ1v) is 9.19. The van der Waals surface area contributed by atoms with Crippen LogP contribution in [0.15, 0.2) is 54.7 Å². The number of halogens is 1.